The molecule has 0 unspecified atom stereocenters. The highest BCUT2D eigenvalue weighted by Crippen LogP contribution is 2.22. The molecule has 1 fully saturated rings. The van der Waals surface area contributed by atoms with Crippen LogP contribution in [0, 0.1) is 0 Å². The van der Waals surface area contributed by atoms with Crippen molar-refractivity contribution < 1.29 is 19.4 Å². The van der Waals surface area contributed by atoms with E-state index in [1.165, 1.54) is 4.90 Å². The van der Waals surface area contributed by atoms with E-state index in [2.05, 4.69) is 5.32 Å². The zero-order valence-corrected chi connectivity index (χ0v) is 19.7. The van der Waals surface area contributed by atoms with Gasteiger partial charge in [-0.2, -0.15) is 0 Å². The summed E-state index contributed by atoms with van der Waals surface area (Å²) in [5, 5.41) is 12.5. The SMILES string of the molecule is O=C(NCc1ccccc1)c1cccc(N(CCO)C(=O)N2CCC(Oc3ccccc3)CC2)c1. The van der Waals surface area contributed by atoms with Crippen LogP contribution < -0.4 is 15.0 Å². The first kappa shape index (κ1) is 24.3. The van der Waals surface area contributed by atoms with Crippen LogP contribution in [0.4, 0.5) is 10.5 Å². The first-order chi connectivity index (χ1) is 17.1. The zero-order valence-electron chi connectivity index (χ0n) is 19.7. The molecule has 1 aliphatic heterocycles. The normalized spacial score (nSPS) is 13.8. The Labute approximate surface area is 205 Å². The van der Waals surface area contributed by atoms with Gasteiger partial charge in [0.25, 0.3) is 5.91 Å². The number of ether oxygens (including phenoxy) is 1. The Balaban J connectivity index is 1.38. The summed E-state index contributed by atoms with van der Waals surface area (Å²) >= 11 is 0. The number of anilines is 1. The number of likely N-dealkylation sites (tertiary alicyclic amines) is 1. The molecule has 2 N–H and O–H groups in total. The van der Waals surface area contributed by atoms with Gasteiger partial charge in [-0.05, 0) is 35.9 Å². The summed E-state index contributed by atoms with van der Waals surface area (Å²) in [6, 6.07) is 26.2. The van der Waals surface area contributed by atoms with Gasteiger partial charge < -0.3 is 20.1 Å². The van der Waals surface area contributed by atoms with Gasteiger partial charge >= 0.3 is 6.03 Å². The molecule has 182 valence electrons. The predicted molar refractivity (Wildman–Crippen MR) is 136 cm³/mol. The molecule has 4 rings (SSSR count). The van der Waals surface area contributed by atoms with Crippen LogP contribution in [-0.4, -0.2) is 54.3 Å². The fourth-order valence-corrected chi connectivity index (χ4v) is 4.16. The van der Waals surface area contributed by atoms with E-state index in [0.717, 1.165) is 24.2 Å². The molecule has 0 radical (unpaired) electrons. The highest BCUT2D eigenvalue weighted by atomic mass is 16.5. The lowest BCUT2D eigenvalue weighted by Gasteiger charge is -2.35. The summed E-state index contributed by atoms with van der Waals surface area (Å²) in [4.78, 5) is 29.4. The number of nitrogens with one attached hydrogen (secondary N) is 1. The monoisotopic (exact) mass is 473 g/mol. The third kappa shape index (κ3) is 6.61. The molecular weight excluding hydrogens is 442 g/mol. The zero-order chi connectivity index (χ0) is 24.5. The topological polar surface area (TPSA) is 82.1 Å². The molecular formula is C28H31N3O4. The lowest BCUT2D eigenvalue weighted by Crippen LogP contribution is -2.49. The summed E-state index contributed by atoms with van der Waals surface area (Å²) in [6.07, 6.45) is 1.52. The molecule has 0 aliphatic carbocycles. The van der Waals surface area contributed by atoms with E-state index in [1.54, 1.807) is 29.2 Å². The fourth-order valence-electron chi connectivity index (χ4n) is 4.16. The Hall–Kier alpha value is -3.84. The van der Waals surface area contributed by atoms with Crippen LogP contribution >= 0.6 is 0 Å². The minimum absolute atomic E-state index is 0.0596. The van der Waals surface area contributed by atoms with Crippen molar-refractivity contribution in [3.63, 3.8) is 0 Å². The molecule has 0 saturated carbocycles. The number of amides is 3. The van der Waals surface area contributed by atoms with E-state index < -0.39 is 0 Å². The lowest BCUT2D eigenvalue weighted by molar-refractivity contribution is 0.0950. The Kier molecular flexibility index (Phi) is 8.35. The molecule has 7 heteroatoms. The summed E-state index contributed by atoms with van der Waals surface area (Å²) in [5.74, 6) is 0.618. The average Bonchev–Trinajstić information content (AvgIpc) is 2.91. The highest BCUT2D eigenvalue weighted by molar-refractivity contribution is 5.97. The van der Waals surface area contributed by atoms with Crippen LogP contribution in [0.2, 0.25) is 0 Å². The van der Waals surface area contributed by atoms with Gasteiger partial charge in [-0.15, -0.1) is 0 Å². The number of para-hydroxylation sites is 1. The molecule has 35 heavy (non-hydrogen) atoms. The molecule has 0 aromatic heterocycles. The maximum absolute atomic E-state index is 13.3. The van der Waals surface area contributed by atoms with Gasteiger partial charge in [0, 0.05) is 43.7 Å². The van der Waals surface area contributed by atoms with Crippen molar-refractivity contribution in [2.75, 3.05) is 31.1 Å². The number of benzene rings is 3. The summed E-state index contributed by atoms with van der Waals surface area (Å²) in [7, 11) is 0. The molecule has 1 aliphatic rings. The smallest absolute Gasteiger partial charge is 0.324 e. The Bertz CT molecular complexity index is 1100. The van der Waals surface area contributed by atoms with E-state index in [-0.39, 0.29) is 31.2 Å². The summed E-state index contributed by atoms with van der Waals surface area (Å²) < 4.78 is 6.04. The first-order valence-electron chi connectivity index (χ1n) is 12.0. The van der Waals surface area contributed by atoms with Crippen molar-refractivity contribution in [1.29, 1.82) is 0 Å². The molecule has 3 aromatic carbocycles. The van der Waals surface area contributed by atoms with E-state index in [1.807, 2.05) is 60.7 Å². The van der Waals surface area contributed by atoms with Gasteiger partial charge in [0.1, 0.15) is 11.9 Å². The Morgan fingerprint density at radius 2 is 1.63 bits per heavy atom. The summed E-state index contributed by atoms with van der Waals surface area (Å²) in [5.41, 5.74) is 2.05. The molecule has 3 amide bonds. The van der Waals surface area contributed by atoms with Gasteiger partial charge in [0.05, 0.1) is 13.2 Å². The molecule has 7 nitrogen and oxygen atoms in total. The van der Waals surface area contributed by atoms with Crippen LogP contribution in [-0.2, 0) is 6.54 Å². The van der Waals surface area contributed by atoms with Crippen molar-refractivity contribution in [2.24, 2.45) is 0 Å². The van der Waals surface area contributed by atoms with Crippen molar-refractivity contribution in [2.45, 2.75) is 25.5 Å². The molecule has 0 atom stereocenters. The van der Waals surface area contributed by atoms with Gasteiger partial charge in [-0.1, -0.05) is 54.6 Å². The molecule has 1 heterocycles. The van der Waals surface area contributed by atoms with Crippen LogP contribution in [0.1, 0.15) is 28.8 Å². The van der Waals surface area contributed by atoms with Gasteiger partial charge in [-0.3, -0.25) is 9.69 Å². The number of urea groups is 1. The van der Waals surface area contributed by atoms with E-state index in [4.69, 9.17) is 4.74 Å². The van der Waals surface area contributed by atoms with Crippen molar-refractivity contribution >= 4 is 17.6 Å². The fraction of sp³-hybridized carbons (Fsp3) is 0.286. The second-order valence-corrected chi connectivity index (χ2v) is 8.49. The number of aliphatic hydroxyl groups excluding tert-OH is 1. The minimum Gasteiger partial charge on any atom is -0.490 e. The number of carbonyl (C=O) groups is 2. The standard InChI is InChI=1S/C28H31N3O4/c32-19-18-31(28(34)30-16-14-26(15-17-30)35-25-12-5-2-6-13-25)24-11-7-10-23(20-24)27(33)29-21-22-8-3-1-4-9-22/h1-13,20,26,32H,14-19,21H2,(H,29,33). The number of rotatable bonds is 8. The second kappa shape index (κ2) is 12.0. The number of nitrogens with zero attached hydrogens (tertiary/aromatic N) is 2. The first-order valence-corrected chi connectivity index (χ1v) is 12.0. The van der Waals surface area contributed by atoms with Crippen molar-refractivity contribution in [1.82, 2.24) is 10.2 Å². The number of hydrogen-bond acceptors (Lipinski definition) is 4. The largest absolute Gasteiger partial charge is 0.490 e. The van der Waals surface area contributed by atoms with Crippen LogP contribution in [0.5, 0.6) is 5.75 Å². The molecule has 0 bridgehead atoms. The maximum atomic E-state index is 13.3. The summed E-state index contributed by atoms with van der Waals surface area (Å²) in [6.45, 7) is 1.52. The minimum atomic E-state index is -0.217. The Morgan fingerprint density at radius 1 is 0.943 bits per heavy atom. The number of hydrogen-bond donors (Lipinski definition) is 2. The van der Waals surface area contributed by atoms with Gasteiger partial charge in [-0.25, -0.2) is 4.79 Å². The van der Waals surface area contributed by atoms with Gasteiger partial charge in [0.2, 0.25) is 0 Å². The predicted octanol–water partition coefficient (Wildman–Crippen LogP) is 4.08. The van der Waals surface area contributed by atoms with Crippen molar-refractivity contribution in [3.8, 4) is 5.75 Å². The highest BCUT2D eigenvalue weighted by Gasteiger charge is 2.28. The number of carbonyl (C=O) groups excluding carboxylic acids is 2. The third-order valence-corrected chi connectivity index (χ3v) is 6.03. The maximum Gasteiger partial charge on any atom is 0.324 e. The quantitative estimate of drug-likeness (QED) is 0.517. The van der Waals surface area contributed by atoms with Crippen LogP contribution in [0.15, 0.2) is 84.9 Å². The Morgan fingerprint density at radius 3 is 2.31 bits per heavy atom. The third-order valence-electron chi connectivity index (χ3n) is 6.03. The van der Waals surface area contributed by atoms with Crippen molar-refractivity contribution in [3.05, 3.63) is 96.1 Å². The average molecular weight is 474 g/mol. The van der Waals surface area contributed by atoms with E-state index in [0.29, 0.717) is 30.9 Å². The van der Waals surface area contributed by atoms with E-state index in [9.17, 15) is 14.7 Å². The van der Waals surface area contributed by atoms with Gasteiger partial charge in [0.15, 0.2) is 0 Å². The van der Waals surface area contributed by atoms with Crippen LogP contribution in [0.25, 0.3) is 0 Å². The molecule has 1 saturated heterocycles. The lowest BCUT2D eigenvalue weighted by atomic mass is 10.1. The molecule has 0 spiro atoms. The molecule has 3 aromatic rings. The van der Waals surface area contributed by atoms with Crippen LogP contribution in [0.3, 0.4) is 0 Å². The second-order valence-electron chi connectivity index (χ2n) is 8.49. The van der Waals surface area contributed by atoms with E-state index >= 15 is 0 Å². The number of aliphatic hydroxyl groups is 1. The number of piperidine rings is 1.